The zero-order valence-electron chi connectivity index (χ0n) is 16.1. The second-order valence-corrected chi connectivity index (χ2v) is 6.61. The van der Waals surface area contributed by atoms with Gasteiger partial charge in [-0.05, 0) is 37.6 Å². The van der Waals surface area contributed by atoms with Gasteiger partial charge in [0.15, 0.2) is 0 Å². The Bertz CT molecular complexity index is 794. The van der Waals surface area contributed by atoms with E-state index in [2.05, 4.69) is 5.32 Å². The lowest BCUT2D eigenvalue weighted by Gasteiger charge is -2.20. The lowest BCUT2D eigenvalue weighted by atomic mass is 10.1. The normalized spacial score (nSPS) is 16.1. The number of benzene rings is 2. The topological polar surface area (TPSA) is 67.9 Å². The van der Waals surface area contributed by atoms with Crippen molar-refractivity contribution in [3.63, 3.8) is 0 Å². The summed E-state index contributed by atoms with van der Waals surface area (Å²) in [6.45, 7) is 3.84. The van der Waals surface area contributed by atoms with E-state index in [0.717, 1.165) is 11.4 Å². The summed E-state index contributed by atoms with van der Waals surface area (Å²) in [6, 6.07) is 17.0. The first-order valence-electron chi connectivity index (χ1n) is 9.66. The zero-order chi connectivity index (χ0) is 19.8. The van der Waals surface area contributed by atoms with Gasteiger partial charge in [0.1, 0.15) is 11.5 Å². The molecule has 2 aromatic carbocycles. The van der Waals surface area contributed by atoms with Crippen molar-refractivity contribution in [1.82, 2.24) is 5.32 Å². The average molecular weight is 382 g/mol. The van der Waals surface area contributed by atoms with Gasteiger partial charge >= 0.3 is 0 Å². The van der Waals surface area contributed by atoms with Gasteiger partial charge in [0, 0.05) is 19.5 Å². The van der Waals surface area contributed by atoms with E-state index < -0.39 is 0 Å². The molecule has 2 aromatic rings. The van der Waals surface area contributed by atoms with Crippen LogP contribution >= 0.6 is 0 Å². The molecular formula is C22H26N2O4. The summed E-state index contributed by atoms with van der Waals surface area (Å²) in [4.78, 5) is 26.5. The summed E-state index contributed by atoms with van der Waals surface area (Å²) < 4.78 is 11.2. The van der Waals surface area contributed by atoms with Crippen molar-refractivity contribution >= 4 is 17.5 Å². The van der Waals surface area contributed by atoms with Crippen LogP contribution in [0.2, 0.25) is 0 Å². The molecule has 28 heavy (non-hydrogen) atoms. The average Bonchev–Trinajstić information content (AvgIpc) is 3.11. The summed E-state index contributed by atoms with van der Waals surface area (Å²) in [6.07, 6.45) is 0.922. The molecule has 0 saturated carbocycles. The Morgan fingerprint density at radius 2 is 1.86 bits per heavy atom. The van der Waals surface area contributed by atoms with Crippen molar-refractivity contribution in [3.8, 4) is 11.5 Å². The summed E-state index contributed by atoms with van der Waals surface area (Å²) in [5.41, 5.74) is 0.723. The SMILES string of the molecule is CCOc1ccccc1N1CC(C(=O)NCCCOc2ccccc2)CC1=O. The van der Waals surface area contributed by atoms with Crippen LogP contribution in [-0.4, -0.2) is 38.1 Å². The molecule has 0 radical (unpaired) electrons. The highest BCUT2D eigenvalue weighted by atomic mass is 16.5. The summed E-state index contributed by atoms with van der Waals surface area (Å²) in [7, 11) is 0. The van der Waals surface area contributed by atoms with Gasteiger partial charge in [-0.15, -0.1) is 0 Å². The standard InChI is InChI=1S/C22H26N2O4/c1-2-27-20-12-7-6-11-19(20)24-16-17(15-21(24)25)22(26)23-13-8-14-28-18-9-4-3-5-10-18/h3-7,9-12,17H,2,8,13-16H2,1H3,(H,23,26). The number of ether oxygens (including phenoxy) is 2. The maximum Gasteiger partial charge on any atom is 0.227 e. The highest BCUT2D eigenvalue weighted by molar-refractivity contribution is 6.01. The molecule has 1 aliphatic rings. The Labute approximate surface area is 165 Å². The summed E-state index contributed by atoms with van der Waals surface area (Å²) >= 11 is 0. The van der Waals surface area contributed by atoms with Crippen molar-refractivity contribution in [1.29, 1.82) is 0 Å². The maximum absolute atomic E-state index is 12.4. The van der Waals surface area contributed by atoms with Gasteiger partial charge in [0.05, 0.1) is 24.8 Å². The Hall–Kier alpha value is -3.02. The van der Waals surface area contributed by atoms with Crippen molar-refractivity contribution in [3.05, 3.63) is 54.6 Å². The van der Waals surface area contributed by atoms with Crippen LogP contribution in [0.4, 0.5) is 5.69 Å². The number of amides is 2. The molecule has 1 unspecified atom stereocenters. The van der Waals surface area contributed by atoms with Crippen molar-refractivity contribution in [2.75, 3.05) is 31.2 Å². The molecular weight excluding hydrogens is 356 g/mol. The minimum Gasteiger partial charge on any atom is -0.494 e. The van der Waals surface area contributed by atoms with Crippen LogP contribution in [0.3, 0.4) is 0 Å². The largest absolute Gasteiger partial charge is 0.494 e. The predicted molar refractivity (Wildman–Crippen MR) is 108 cm³/mol. The number of hydrogen-bond donors (Lipinski definition) is 1. The van der Waals surface area contributed by atoms with E-state index in [4.69, 9.17) is 9.47 Å². The summed E-state index contributed by atoms with van der Waals surface area (Å²) in [5, 5.41) is 2.91. The van der Waals surface area contributed by atoms with Gasteiger partial charge < -0.3 is 19.7 Å². The highest BCUT2D eigenvalue weighted by Gasteiger charge is 2.36. The van der Waals surface area contributed by atoms with E-state index in [0.29, 0.717) is 38.5 Å². The van der Waals surface area contributed by atoms with E-state index >= 15 is 0 Å². The van der Waals surface area contributed by atoms with Crippen molar-refractivity contribution in [2.45, 2.75) is 19.8 Å². The van der Waals surface area contributed by atoms with Crippen LogP contribution in [0.5, 0.6) is 11.5 Å². The number of nitrogens with one attached hydrogen (secondary N) is 1. The van der Waals surface area contributed by atoms with E-state index in [1.807, 2.05) is 61.5 Å². The second-order valence-electron chi connectivity index (χ2n) is 6.61. The van der Waals surface area contributed by atoms with E-state index in [-0.39, 0.29) is 24.2 Å². The molecule has 1 saturated heterocycles. The van der Waals surface area contributed by atoms with E-state index in [9.17, 15) is 9.59 Å². The zero-order valence-corrected chi connectivity index (χ0v) is 16.1. The molecule has 0 spiro atoms. The van der Waals surface area contributed by atoms with Gasteiger partial charge in [0.25, 0.3) is 0 Å². The van der Waals surface area contributed by atoms with E-state index in [1.54, 1.807) is 4.90 Å². The minimum atomic E-state index is -0.350. The molecule has 1 fully saturated rings. The van der Waals surface area contributed by atoms with Gasteiger partial charge in [-0.3, -0.25) is 9.59 Å². The predicted octanol–water partition coefficient (Wildman–Crippen LogP) is 3.02. The number of para-hydroxylation sites is 3. The van der Waals surface area contributed by atoms with Crippen molar-refractivity contribution in [2.24, 2.45) is 5.92 Å². The van der Waals surface area contributed by atoms with Crippen LogP contribution in [0.15, 0.2) is 54.6 Å². The fraction of sp³-hybridized carbons (Fsp3) is 0.364. The van der Waals surface area contributed by atoms with Gasteiger partial charge in [-0.1, -0.05) is 30.3 Å². The monoisotopic (exact) mass is 382 g/mol. The molecule has 0 bridgehead atoms. The number of carbonyl (C=O) groups excluding carboxylic acids is 2. The third-order valence-corrected chi connectivity index (χ3v) is 4.58. The molecule has 0 aromatic heterocycles. The van der Waals surface area contributed by atoms with Gasteiger partial charge in [-0.25, -0.2) is 0 Å². The number of anilines is 1. The van der Waals surface area contributed by atoms with Crippen LogP contribution in [0.1, 0.15) is 19.8 Å². The fourth-order valence-corrected chi connectivity index (χ4v) is 3.21. The van der Waals surface area contributed by atoms with Crippen LogP contribution in [0.25, 0.3) is 0 Å². The molecule has 3 rings (SSSR count). The number of hydrogen-bond acceptors (Lipinski definition) is 4. The Morgan fingerprint density at radius 1 is 1.11 bits per heavy atom. The lowest BCUT2D eigenvalue weighted by Crippen LogP contribution is -2.34. The highest BCUT2D eigenvalue weighted by Crippen LogP contribution is 2.33. The lowest BCUT2D eigenvalue weighted by molar-refractivity contribution is -0.126. The Balaban J connectivity index is 1.46. The van der Waals surface area contributed by atoms with Gasteiger partial charge in [-0.2, -0.15) is 0 Å². The molecule has 6 nitrogen and oxygen atoms in total. The number of nitrogens with zero attached hydrogens (tertiary/aromatic N) is 1. The van der Waals surface area contributed by atoms with E-state index in [1.165, 1.54) is 0 Å². The second kappa shape index (κ2) is 9.78. The number of carbonyl (C=O) groups is 2. The van der Waals surface area contributed by atoms with Crippen LogP contribution in [-0.2, 0) is 9.59 Å². The molecule has 0 aliphatic carbocycles. The molecule has 6 heteroatoms. The first kappa shape index (κ1) is 19.7. The van der Waals surface area contributed by atoms with Crippen LogP contribution in [0, 0.1) is 5.92 Å². The molecule has 148 valence electrons. The first-order valence-corrected chi connectivity index (χ1v) is 9.66. The fourth-order valence-electron chi connectivity index (χ4n) is 3.21. The molecule has 1 atom stereocenters. The van der Waals surface area contributed by atoms with Gasteiger partial charge in [0.2, 0.25) is 11.8 Å². The number of rotatable bonds is 9. The molecule has 1 heterocycles. The first-order chi connectivity index (χ1) is 13.7. The molecule has 1 N–H and O–H groups in total. The smallest absolute Gasteiger partial charge is 0.227 e. The minimum absolute atomic E-state index is 0.0558. The Kier molecular flexibility index (Phi) is 6.89. The summed E-state index contributed by atoms with van der Waals surface area (Å²) in [5.74, 6) is 0.984. The van der Waals surface area contributed by atoms with Crippen molar-refractivity contribution < 1.29 is 19.1 Å². The molecule has 2 amide bonds. The molecule has 1 aliphatic heterocycles. The Morgan fingerprint density at radius 3 is 2.64 bits per heavy atom. The maximum atomic E-state index is 12.4. The van der Waals surface area contributed by atoms with Crippen LogP contribution < -0.4 is 19.7 Å². The quantitative estimate of drug-likeness (QED) is 0.677. The third-order valence-electron chi connectivity index (χ3n) is 4.58. The third kappa shape index (κ3) is 5.03.